The molecule has 0 unspecified atom stereocenters. The number of rotatable bonds is 0. The molecule has 0 saturated carbocycles. The lowest BCUT2D eigenvalue weighted by Crippen LogP contribution is -2.58. The summed E-state index contributed by atoms with van der Waals surface area (Å²) < 4.78 is 8.78. The Bertz CT molecular complexity index is 2010. The van der Waals surface area contributed by atoms with Crippen LogP contribution in [0, 0.1) is 0 Å². The minimum atomic E-state index is 0.257. The van der Waals surface area contributed by atoms with Gasteiger partial charge < -0.3 is 8.98 Å². The van der Waals surface area contributed by atoms with E-state index in [1.54, 1.807) is 0 Å². The first-order chi connectivity index (χ1) is 16.9. The van der Waals surface area contributed by atoms with E-state index in [9.17, 15) is 0 Å². The van der Waals surface area contributed by atoms with Crippen molar-refractivity contribution in [2.75, 3.05) is 0 Å². The SMILES string of the molecule is c1ccc2c(c1)Sc1cccc3c1B2c1cccc2c4cc5oc6ccccc6c5cc4n-3c12. The average molecular weight is 449 g/mol. The van der Waals surface area contributed by atoms with Gasteiger partial charge in [0.25, 0.3) is 0 Å². The van der Waals surface area contributed by atoms with E-state index in [0.29, 0.717) is 0 Å². The highest BCUT2D eigenvalue weighted by molar-refractivity contribution is 8.00. The molecule has 0 atom stereocenters. The molecule has 156 valence electrons. The van der Waals surface area contributed by atoms with Crippen molar-refractivity contribution in [3.05, 3.63) is 97.1 Å². The molecule has 2 aliphatic rings. The maximum atomic E-state index is 6.27. The van der Waals surface area contributed by atoms with Gasteiger partial charge in [0, 0.05) is 42.5 Å². The smallest absolute Gasteiger partial charge is 0.249 e. The van der Waals surface area contributed by atoms with Crippen LogP contribution in [0.2, 0.25) is 0 Å². The minimum Gasteiger partial charge on any atom is -0.456 e. The van der Waals surface area contributed by atoms with Gasteiger partial charge in [-0.3, -0.25) is 0 Å². The fourth-order valence-corrected chi connectivity index (χ4v) is 7.47. The first kappa shape index (κ1) is 17.6. The fourth-order valence-electron chi connectivity index (χ4n) is 6.31. The van der Waals surface area contributed by atoms with E-state index in [4.69, 9.17) is 4.42 Å². The number of nitrogens with zero attached hydrogens (tertiary/aromatic N) is 1. The summed E-state index contributed by atoms with van der Waals surface area (Å²) in [7, 11) is 0. The molecule has 2 aromatic heterocycles. The van der Waals surface area contributed by atoms with Crippen LogP contribution >= 0.6 is 11.8 Å². The first-order valence-electron chi connectivity index (χ1n) is 11.7. The van der Waals surface area contributed by atoms with Crippen LogP contribution in [0.5, 0.6) is 0 Å². The molecule has 0 N–H and O–H groups in total. The highest BCUT2D eigenvalue weighted by Crippen LogP contribution is 2.40. The standard InChI is InChI=1S/C30H16BNOS/c1-3-12-25-17(7-1)20-15-24-19(16-26(20)33-25)18-8-5-10-22-30(18)32(24)23-11-6-14-28-29(23)31(22)21-9-2-4-13-27(21)34-28/h1-16H. The van der Waals surface area contributed by atoms with E-state index >= 15 is 0 Å². The fraction of sp³-hybridized carbons (Fsp3) is 0. The topological polar surface area (TPSA) is 18.1 Å². The van der Waals surface area contributed by atoms with Crippen LogP contribution in [0.15, 0.2) is 111 Å². The molecule has 0 radical (unpaired) electrons. The van der Waals surface area contributed by atoms with Gasteiger partial charge in [0.2, 0.25) is 6.71 Å². The number of benzene rings is 5. The summed E-state index contributed by atoms with van der Waals surface area (Å²) in [6, 6.07) is 35.4. The van der Waals surface area contributed by atoms with Crippen LogP contribution in [0.25, 0.3) is 49.4 Å². The van der Waals surface area contributed by atoms with Crippen molar-refractivity contribution in [3.8, 4) is 5.69 Å². The molecule has 2 nitrogen and oxygen atoms in total. The molecule has 0 bridgehead atoms. The van der Waals surface area contributed by atoms with Gasteiger partial charge in [0.05, 0.1) is 5.52 Å². The Labute approximate surface area is 199 Å². The Morgan fingerprint density at radius 2 is 1.41 bits per heavy atom. The zero-order valence-electron chi connectivity index (χ0n) is 18.1. The van der Waals surface area contributed by atoms with E-state index in [1.807, 2.05) is 17.8 Å². The van der Waals surface area contributed by atoms with Crippen LogP contribution in [0.3, 0.4) is 0 Å². The third-order valence-corrected chi connectivity index (χ3v) is 8.82. The molecule has 4 heteroatoms. The largest absolute Gasteiger partial charge is 0.456 e. The summed E-state index contributed by atoms with van der Waals surface area (Å²) in [6.07, 6.45) is 0. The Hall–Kier alpha value is -3.89. The molecule has 0 spiro atoms. The summed E-state index contributed by atoms with van der Waals surface area (Å²) in [4.78, 5) is 2.73. The maximum Gasteiger partial charge on any atom is 0.249 e. The Morgan fingerprint density at radius 1 is 0.618 bits per heavy atom. The second-order valence-corrected chi connectivity index (χ2v) is 10.4. The van der Waals surface area contributed by atoms with E-state index in [1.165, 1.54) is 64.4 Å². The van der Waals surface area contributed by atoms with E-state index in [0.717, 1.165) is 11.2 Å². The van der Waals surface area contributed by atoms with Crippen molar-refractivity contribution >= 4 is 78.6 Å². The van der Waals surface area contributed by atoms with E-state index in [2.05, 4.69) is 95.6 Å². The van der Waals surface area contributed by atoms with Crippen LogP contribution < -0.4 is 16.4 Å². The van der Waals surface area contributed by atoms with Gasteiger partial charge in [-0.25, -0.2) is 0 Å². The number of furan rings is 1. The number of aromatic nitrogens is 1. The second-order valence-electron chi connectivity index (χ2n) is 9.30. The number of hydrogen-bond acceptors (Lipinski definition) is 2. The molecule has 0 aliphatic carbocycles. The lowest BCUT2D eigenvalue weighted by Gasteiger charge is -2.33. The van der Waals surface area contributed by atoms with Gasteiger partial charge >= 0.3 is 0 Å². The van der Waals surface area contributed by atoms with Gasteiger partial charge in [-0.15, -0.1) is 0 Å². The molecule has 34 heavy (non-hydrogen) atoms. The summed E-state index contributed by atoms with van der Waals surface area (Å²) in [5, 5.41) is 4.89. The monoisotopic (exact) mass is 449 g/mol. The van der Waals surface area contributed by atoms with Gasteiger partial charge in [-0.1, -0.05) is 77.9 Å². The van der Waals surface area contributed by atoms with Crippen LogP contribution in [-0.2, 0) is 0 Å². The zero-order valence-corrected chi connectivity index (χ0v) is 18.9. The van der Waals surface area contributed by atoms with Crippen molar-refractivity contribution < 1.29 is 4.42 Å². The molecule has 5 aromatic carbocycles. The first-order valence-corrected chi connectivity index (χ1v) is 12.5. The lowest BCUT2D eigenvalue weighted by molar-refractivity contribution is 0.669. The predicted octanol–water partition coefficient (Wildman–Crippen LogP) is 5.98. The molecule has 2 aliphatic heterocycles. The molecule has 0 saturated heterocycles. The van der Waals surface area contributed by atoms with Crippen molar-refractivity contribution in [1.29, 1.82) is 0 Å². The predicted molar refractivity (Wildman–Crippen MR) is 143 cm³/mol. The van der Waals surface area contributed by atoms with Crippen LogP contribution in [0.1, 0.15) is 0 Å². The van der Waals surface area contributed by atoms with Crippen molar-refractivity contribution in [1.82, 2.24) is 4.57 Å². The van der Waals surface area contributed by atoms with Crippen LogP contribution in [-0.4, -0.2) is 11.3 Å². The molecule has 0 amide bonds. The number of fused-ring (bicyclic) bond motifs is 10. The second kappa shape index (κ2) is 5.96. The molecule has 4 heterocycles. The number of hydrogen-bond donors (Lipinski definition) is 0. The Morgan fingerprint density at radius 3 is 2.41 bits per heavy atom. The van der Waals surface area contributed by atoms with Gasteiger partial charge in [-0.2, -0.15) is 0 Å². The third kappa shape index (κ3) is 1.98. The summed E-state index contributed by atoms with van der Waals surface area (Å²) in [5.41, 5.74) is 10.0. The molecule has 7 aromatic rings. The maximum absolute atomic E-state index is 6.27. The minimum absolute atomic E-state index is 0.257. The summed E-state index contributed by atoms with van der Waals surface area (Å²) in [6.45, 7) is 0.257. The van der Waals surface area contributed by atoms with Gasteiger partial charge in [0.1, 0.15) is 11.2 Å². The summed E-state index contributed by atoms with van der Waals surface area (Å²) >= 11 is 1.90. The van der Waals surface area contributed by atoms with Gasteiger partial charge in [0.15, 0.2) is 0 Å². The van der Waals surface area contributed by atoms with E-state index in [-0.39, 0.29) is 6.71 Å². The molecule has 0 fully saturated rings. The quantitative estimate of drug-likeness (QED) is 0.265. The normalized spacial score (nSPS) is 13.7. The van der Waals surface area contributed by atoms with Crippen molar-refractivity contribution in [2.24, 2.45) is 0 Å². The highest BCUT2D eigenvalue weighted by Gasteiger charge is 2.39. The average Bonchev–Trinajstić information content (AvgIpc) is 3.41. The molecular formula is C30H16BNOS. The lowest BCUT2D eigenvalue weighted by atomic mass is 9.35. The van der Waals surface area contributed by atoms with E-state index < -0.39 is 0 Å². The van der Waals surface area contributed by atoms with Crippen LogP contribution in [0.4, 0.5) is 0 Å². The molecular weight excluding hydrogens is 433 g/mol. The third-order valence-electron chi connectivity index (χ3n) is 7.65. The van der Waals surface area contributed by atoms with Gasteiger partial charge in [-0.05, 0) is 47.3 Å². The van der Waals surface area contributed by atoms with Crippen molar-refractivity contribution in [2.45, 2.75) is 9.79 Å². The molecule has 9 rings (SSSR count). The Balaban J connectivity index is 1.51. The highest BCUT2D eigenvalue weighted by atomic mass is 32.2. The zero-order chi connectivity index (χ0) is 22.0. The summed E-state index contributed by atoms with van der Waals surface area (Å²) in [5.74, 6) is 0. The number of para-hydroxylation sites is 2. The Kier molecular flexibility index (Phi) is 3.08. The van der Waals surface area contributed by atoms with Crippen molar-refractivity contribution in [3.63, 3.8) is 0 Å².